The highest BCUT2D eigenvalue weighted by Crippen LogP contribution is 2.65. The molecule has 2 N–H and O–H groups in total. The molecule has 1 aromatic carbocycles. The number of allylic oxidation sites excluding steroid dienone is 1. The van der Waals surface area contributed by atoms with Crippen LogP contribution in [0, 0.1) is 11.3 Å². The van der Waals surface area contributed by atoms with Crippen molar-refractivity contribution in [3.05, 3.63) is 36.4 Å². The fourth-order valence-corrected chi connectivity index (χ4v) is 5.49. The number of hydrogen-bond donors (Lipinski definition) is 2. The third kappa shape index (κ3) is 1.95. The minimum Gasteiger partial charge on any atom is -0.454 e. The van der Waals surface area contributed by atoms with Crippen molar-refractivity contribution >= 4 is 5.78 Å². The second-order valence-electron chi connectivity index (χ2n) is 7.61. The molecular weight excluding hydrogens is 336 g/mol. The predicted molar refractivity (Wildman–Crippen MR) is 93.1 cm³/mol. The van der Waals surface area contributed by atoms with E-state index in [1.807, 2.05) is 25.1 Å². The smallest absolute Gasteiger partial charge is 0.231 e. The summed E-state index contributed by atoms with van der Waals surface area (Å²) in [7, 11) is 1.45. The number of benzene rings is 1. The van der Waals surface area contributed by atoms with Gasteiger partial charge in [0, 0.05) is 24.9 Å². The number of hydrogen-bond acceptors (Lipinski definition) is 6. The topological polar surface area (TPSA) is 85.2 Å². The van der Waals surface area contributed by atoms with Crippen molar-refractivity contribution < 1.29 is 29.2 Å². The summed E-state index contributed by atoms with van der Waals surface area (Å²) in [4.78, 5) is 12.6. The maximum Gasteiger partial charge on any atom is 0.231 e. The molecule has 3 aliphatic rings. The molecule has 0 radical (unpaired) electrons. The third-order valence-corrected chi connectivity index (χ3v) is 6.73. The molecule has 1 heterocycles. The van der Waals surface area contributed by atoms with Crippen LogP contribution in [0.4, 0.5) is 0 Å². The van der Waals surface area contributed by atoms with E-state index >= 15 is 0 Å². The van der Waals surface area contributed by atoms with Gasteiger partial charge in [0.25, 0.3) is 0 Å². The van der Waals surface area contributed by atoms with Gasteiger partial charge in [0.1, 0.15) is 11.7 Å². The second-order valence-corrected chi connectivity index (χ2v) is 7.61. The Morgan fingerprint density at radius 3 is 2.77 bits per heavy atom. The maximum absolute atomic E-state index is 12.6. The van der Waals surface area contributed by atoms with E-state index in [1.165, 1.54) is 7.11 Å². The SMILES string of the molecule is C=CC[C@@]12CC(=O)[C@H](O)[C@@](OC)([C@@H]1O)[C@@H](c1ccc3c(c1)OCO3)[C@@H]2C. The van der Waals surface area contributed by atoms with Crippen LogP contribution in [-0.2, 0) is 9.53 Å². The lowest BCUT2D eigenvalue weighted by molar-refractivity contribution is -0.199. The lowest BCUT2D eigenvalue weighted by Gasteiger charge is -2.46. The molecule has 0 unspecified atom stereocenters. The van der Waals surface area contributed by atoms with E-state index in [1.54, 1.807) is 6.08 Å². The summed E-state index contributed by atoms with van der Waals surface area (Å²) in [6.45, 7) is 5.98. The van der Waals surface area contributed by atoms with Gasteiger partial charge in [-0.1, -0.05) is 19.1 Å². The van der Waals surface area contributed by atoms with Crippen LogP contribution in [0.1, 0.15) is 31.2 Å². The molecule has 0 aromatic heterocycles. The first kappa shape index (κ1) is 17.5. The lowest BCUT2D eigenvalue weighted by atomic mass is 9.65. The van der Waals surface area contributed by atoms with Gasteiger partial charge >= 0.3 is 0 Å². The van der Waals surface area contributed by atoms with Crippen molar-refractivity contribution in [2.75, 3.05) is 13.9 Å². The van der Waals surface area contributed by atoms with Crippen LogP contribution in [0.2, 0.25) is 0 Å². The largest absolute Gasteiger partial charge is 0.454 e. The number of aliphatic hydroxyl groups excluding tert-OH is 2. The van der Waals surface area contributed by atoms with E-state index < -0.39 is 23.2 Å². The van der Waals surface area contributed by atoms with Gasteiger partial charge in [-0.05, 0) is 30.0 Å². The maximum atomic E-state index is 12.6. The normalized spacial score (nSPS) is 40.7. The highest BCUT2D eigenvalue weighted by molar-refractivity contribution is 5.87. The van der Waals surface area contributed by atoms with Gasteiger partial charge in [0.15, 0.2) is 17.3 Å². The molecule has 0 saturated heterocycles. The van der Waals surface area contributed by atoms with Crippen molar-refractivity contribution in [3.63, 3.8) is 0 Å². The van der Waals surface area contributed by atoms with E-state index in [0.29, 0.717) is 17.9 Å². The Labute approximate surface area is 152 Å². The molecule has 140 valence electrons. The van der Waals surface area contributed by atoms with Gasteiger partial charge in [-0.2, -0.15) is 0 Å². The van der Waals surface area contributed by atoms with Crippen molar-refractivity contribution in [2.24, 2.45) is 11.3 Å². The summed E-state index contributed by atoms with van der Waals surface area (Å²) in [6.07, 6.45) is -0.0705. The fraction of sp³-hybridized carbons (Fsp3) is 0.550. The summed E-state index contributed by atoms with van der Waals surface area (Å²) in [5, 5.41) is 22.1. The highest BCUT2D eigenvalue weighted by Gasteiger charge is 2.73. The van der Waals surface area contributed by atoms with Crippen LogP contribution < -0.4 is 9.47 Å². The number of rotatable bonds is 4. The first-order valence-corrected chi connectivity index (χ1v) is 8.87. The van der Waals surface area contributed by atoms with Crippen molar-refractivity contribution in [1.29, 1.82) is 0 Å². The van der Waals surface area contributed by atoms with Gasteiger partial charge in [-0.15, -0.1) is 6.58 Å². The number of aliphatic hydroxyl groups is 2. The standard InChI is InChI=1S/C20H24O6/c1-4-7-19-9-13(21)17(22)20(24-3,18(19)23)16(11(19)2)12-5-6-14-15(8-12)26-10-25-14/h4-6,8,11,16-18,22-23H,1,7,9-10H2,2-3H3/t11-,16+,17-,18+,19-,20+/m0/s1. The van der Waals surface area contributed by atoms with Crippen molar-refractivity contribution in [1.82, 2.24) is 0 Å². The first-order valence-electron chi connectivity index (χ1n) is 8.87. The molecule has 2 bridgehead atoms. The number of carbonyl (C=O) groups is 1. The molecule has 6 nitrogen and oxygen atoms in total. The molecule has 0 amide bonds. The van der Waals surface area contributed by atoms with Gasteiger partial charge in [0.05, 0.1) is 6.10 Å². The summed E-state index contributed by atoms with van der Waals surface area (Å²) in [5.41, 5.74) is -1.26. The quantitative estimate of drug-likeness (QED) is 0.797. The number of ketones is 1. The van der Waals surface area contributed by atoms with Crippen LogP contribution in [0.25, 0.3) is 0 Å². The fourth-order valence-electron chi connectivity index (χ4n) is 5.49. The van der Waals surface area contributed by atoms with E-state index in [4.69, 9.17) is 14.2 Å². The lowest BCUT2D eigenvalue weighted by Crippen LogP contribution is -2.63. The first-order chi connectivity index (χ1) is 12.4. The molecule has 6 atom stereocenters. The summed E-state index contributed by atoms with van der Waals surface area (Å²) < 4.78 is 16.6. The predicted octanol–water partition coefficient (Wildman–Crippen LogP) is 1.79. The number of carbonyl (C=O) groups excluding carboxylic acids is 1. The number of methoxy groups -OCH3 is 1. The molecular formula is C20H24O6. The zero-order chi connectivity index (χ0) is 18.7. The molecule has 1 aliphatic heterocycles. The highest BCUT2D eigenvalue weighted by atomic mass is 16.7. The van der Waals surface area contributed by atoms with Crippen molar-refractivity contribution in [2.45, 2.75) is 43.5 Å². The molecule has 2 saturated carbocycles. The van der Waals surface area contributed by atoms with E-state index in [0.717, 1.165) is 5.56 Å². The van der Waals surface area contributed by atoms with Gasteiger partial charge in [-0.25, -0.2) is 0 Å². The zero-order valence-corrected chi connectivity index (χ0v) is 15.0. The summed E-state index contributed by atoms with van der Waals surface area (Å²) >= 11 is 0. The number of Topliss-reactive ketones (excluding diaryl/α,β-unsaturated/α-hetero) is 1. The van der Waals surface area contributed by atoms with Crippen LogP contribution in [-0.4, -0.2) is 47.7 Å². The van der Waals surface area contributed by atoms with Gasteiger partial charge < -0.3 is 24.4 Å². The molecule has 1 aromatic rings. The molecule has 4 rings (SSSR count). The average Bonchev–Trinajstić information content (AvgIpc) is 3.14. The van der Waals surface area contributed by atoms with E-state index in [9.17, 15) is 15.0 Å². The third-order valence-electron chi connectivity index (χ3n) is 6.73. The Kier molecular flexibility index (Phi) is 3.91. The van der Waals surface area contributed by atoms with Crippen molar-refractivity contribution in [3.8, 4) is 11.5 Å². The Bertz CT molecular complexity index is 761. The molecule has 2 aliphatic carbocycles. The Hall–Kier alpha value is -1.89. The average molecular weight is 360 g/mol. The van der Waals surface area contributed by atoms with Crippen LogP contribution >= 0.6 is 0 Å². The monoisotopic (exact) mass is 360 g/mol. The minimum atomic E-state index is -1.40. The number of fused-ring (bicyclic) bond motifs is 3. The summed E-state index contributed by atoms with van der Waals surface area (Å²) in [6, 6.07) is 5.56. The van der Waals surface area contributed by atoms with Crippen LogP contribution in [0.5, 0.6) is 11.5 Å². The minimum absolute atomic E-state index is 0.106. The number of ether oxygens (including phenoxy) is 3. The van der Waals surface area contributed by atoms with Crippen LogP contribution in [0.3, 0.4) is 0 Å². The van der Waals surface area contributed by atoms with E-state index in [-0.39, 0.29) is 30.8 Å². The zero-order valence-electron chi connectivity index (χ0n) is 15.0. The molecule has 26 heavy (non-hydrogen) atoms. The van der Waals surface area contributed by atoms with E-state index in [2.05, 4.69) is 6.58 Å². The van der Waals surface area contributed by atoms with Gasteiger partial charge in [0.2, 0.25) is 6.79 Å². The molecule has 2 fully saturated rings. The van der Waals surface area contributed by atoms with Gasteiger partial charge in [-0.3, -0.25) is 4.79 Å². The summed E-state index contributed by atoms with van der Waals surface area (Å²) in [5.74, 6) is 0.492. The Morgan fingerprint density at radius 2 is 2.08 bits per heavy atom. The van der Waals surface area contributed by atoms with Crippen LogP contribution in [0.15, 0.2) is 30.9 Å². The molecule has 0 spiro atoms. The Balaban J connectivity index is 1.90. The Morgan fingerprint density at radius 1 is 1.35 bits per heavy atom. The second kappa shape index (κ2) is 5.81. The molecule has 6 heteroatoms.